The summed E-state index contributed by atoms with van der Waals surface area (Å²) in [5.41, 5.74) is 1.57. The Balaban J connectivity index is 1.35. The maximum absolute atomic E-state index is 11.9. The molecular formula is C17H19N5O3S. The highest BCUT2D eigenvalue weighted by atomic mass is 32.1. The van der Waals surface area contributed by atoms with Crippen molar-refractivity contribution < 1.29 is 14.7 Å². The third-order valence-electron chi connectivity index (χ3n) is 3.73. The number of aryl methyl sites for hydroxylation is 1. The predicted molar refractivity (Wildman–Crippen MR) is 96.7 cm³/mol. The lowest BCUT2D eigenvalue weighted by Gasteiger charge is -2.02. The van der Waals surface area contributed by atoms with Crippen LogP contribution in [0.4, 0.5) is 0 Å². The number of fused-ring (bicyclic) bond motifs is 1. The molecule has 0 aliphatic rings. The van der Waals surface area contributed by atoms with E-state index in [1.54, 1.807) is 11.3 Å². The van der Waals surface area contributed by atoms with Gasteiger partial charge in [-0.1, -0.05) is 17.3 Å². The highest BCUT2D eigenvalue weighted by molar-refractivity contribution is 7.18. The number of carbonyl (C=O) groups is 2. The highest BCUT2D eigenvalue weighted by Crippen LogP contribution is 2.22. The van der Waals surface area contributed by atoms with Crippen LogP contribution in [0.1, 0.15) is 30.0 Å². The molecule has 0 bridgehead atoms. The van der Waals surface area contributed by atoms with Crippen LogP contribution in [-0.2, 0) is 29.1 Å². The Morgan fingerprint density at radius 3 is 2.88 bits per heavy atom. The van der Waals surface area contributed by atoms with Gasteiger partial charge in [0.25, 0.3) is 0 Å². The van der Waals surface area contributed by atoms with Gasteiger partial charge in [-0.2, -0.15) is 0 Å². The summed E-state index contributed by atoms with van der Waals surface area (Å²) in [5, 5.41) is 20.1. The average Bonchev–Trinajstić information content (AvgIpc) is 3.22. The third-order valence-corrected chi connectivity index (χ3v) is 4.83. The van der Waals surface area contributed by atoms with Crippen molar-refractivity contribution in [1.29, 1.82) is 0 Å². The van der Waals surface area contributed by atoms with Crippen molar-refractivity contribution in [3.05, 3.63) is 41.2 Å². The summed E-state index contributed by atoms with van der Waals surface area (Å²) in [6.45, 7) is 0.00301. The number of rotatable bonds is 9. The molecule has 0 aliphatic heterocycles. The smallest absolute Gasteiger partial charge is 0.325 e. The van der Waals surface area contributed by atoms with E-state index in [9.17, 15) is 9.59 Å². The van der Waals surface area contributed by atoms with Crippen molar-refractivity contribution in [1.82, 2.24) is 25.3 Å². The van der Waals surface area contributed by atoms with E-state index in [1.165, 1.54) is 15.6 Å². The lowest BCUT2D eigenvalue weighted by atomic mass is 10.2. The van der Waals surface area contributed by atoms with E-state index in [1.807, 2.05) is 18.2 Å². The zero-order valence-corrected chi connectivity index (χ0v) is 14.9. The second-order valence-corrected chi connectivity index (χ2v) is 6.98. The van der Waals surface area contributed by atoms with Gasteiger partial charge in [0.1, 0.15) is 12.2 Å². The summed E-state index contributed by atoms with van der Waals surface area (Å²) in [6.07, 6.45) is 4.52. The summed E-state index contributed by atoms with van der Waals surface area (Å²) >= 11 is 1.70. The number of hydrogen-bond donors (Lipinski definition) is 2. The van der Waals surface area contributed by atoms with Gasteiger partial charge in [-0.05, 0) is 31.4 Å². The van der Waals surface area contributed by atoms with Crippen molar-refractivity contribution in [3.63, 3.8) is 0 Å². The van der Waals surface area contributed by atoms with Gasteiger partial charge in [0.2, 0.25) is 5.91 Å². The van der Waals surface area contributed by atoms with Crippen molar-refractivity contribution >= 4 is 33.4 Å². The molecule has 0 fully saturated rings. The number of nitrogens with zero attached hydrogens (tertiary/aromatic N) is 4. The molecule has 0 spiro atoms. The number of aliphatic carboxylic acids is 1. The molecule has 3 aromatic rings. The van der Waals surface area contributed by atoms with Gasteiger partial charge in [-0.15, -0.1) is 16.4 Å². The number of carboxylic acid groups (broad SMARTS) is 1. The highest BCUT2D eigenvalue weighted by Gasteiger charge is 2.07. The first-order valence-corrected chi connectivity index (χ1v) is 9.14. The largest absolute Gasteiger partial charge is 0.480 e. The number of para-hydroxylation sites is 1. The minimum Gasteiger partial charge on any atom is -0.480 e. The number of carbonyl (C=O) groups excluding carboxylic acids is 1. The Morgan fingerprint density at radius 2 is 2.08 bits per heavy atom. The number of amides is 1. The number of thiazole rings is 1. The Hall–Kier alpha value is -2.81. The van der Waals surface area contributed by atoms with Gasteiger partial charge in [-0.3, -0.25) is 9.59 Å². The van der Waals surface area contributed by atoms with E-state index in [2.05, 4.69) is 26.7 Å². The summed E-state index contributed by atoms with van der Waals surface area (Å²) in [7, 11) is 0. The van der Waals surface area contributed by atoms with E-state index >= 15 is 0 Å². The van der Waals surface area contributed by atoms with Gasteiger partial charge < -0.3 is 10.4 Å². The fourth-order valence-corrected chi connectivity index (χ4v) is 3.51. The van der Waals surface area contributed by atoms with Gasteiger partial charge in [-0.25, -0.2) is 9.67 Å². The zero-order chi connectivity index (χ0) is 18.4. The molecule has 8 nitrogen and oxygen atoms in total. The van der Waals surface area contributed by atoms with E-state index in [0.717, 1.165) is 29.8 Å². The first kappa shape index (κ1) is 18.0. The summed E-state index contributed by atoms with van der Waals surface area (Å²) < 4.78 is 2.41. The first-order valence-electron chi connectivity index (χ1n) is 8.32. The standard InChI is InChI=1S/C17H19N5O3S/c23-15(18-9-12-10-22(21-20-12)11-17(24)25)7-3-4-8-16-19-13-5-1-2-6-14(13)26-16/h1-2,5-6,10H,3-4,7-9,11H2,(H,18,23)(H,24,25). The van der Waals surface area contributed by atoms with E-state index in [0.29, 0.717) is 12.1 Å². The molecule has 2 N–H and O–H groups in total. The number of hydrogen-bond acceptors (Lipinski definition) is 6. The number of carboxylic acids is 1. The Bertz CT molecular complexity index is 872. The van der Waals surface area contributed by atoms with Crippen molar-refractivity contribution in [3.8, 4) is 0 Å². The SMILES string of the molecule is O=C(O)Cn1cc(CNC(=O)CCCCc2nc3ccccc3s2)nn1. The maximum atomic E-state index is 11.9. The fraction of sp³-hybridized carbons (Fsp3) is 0.353. The molecule has 9 heteroatoms. The normalized spacial score (nSPS) is 10.9. The third kappa shape index (κ3) is 5.09. The summed E-state index contributed by atoms with van der Waals surface area (Å²) in [6, 6.07) is 8.07. The maximum Gasteiger partial charge on any atom is 0.325 e. The number of benzene rings is 1. The average molecular weight is 373 g/mol. The lowest BCUT2D eigenvalue weighted by Crippen LogP contribution is -2.22. The second kappa shape index (κ2) is 8.52. The predicted octanol–water partition coefficient (Wildman–Crippen LogP) is 2.00. The molecule has 3 rings (SSSR count). The van der Waals surface area contributed by atoms with E-state index in [-0.39, 0.29) is 19.0 Å². The van der Waals surface area contributed by atoms with Gasteiger partial charge in [0.05, 0.1) is 28.0 Å². The monoisotopic (exact) mass is 373 g/mol. The fourth-order valence-electron chi connectivity index (χ4n) is 2.50. The van der Waals surface area contributed by atoms with Crippen LogP contribution < -0.4 is 5.32 Å². The molecule has 1 aromatic carbocycles. The minimum atomic E-state index is -0.987. The van der Waals surface area contributed by atoms with Crippen LogP contribution in [-0.4, -0.2) is 37.0 Å². The summed E-state index contributed by atoms with van der Waals surface area (Å²) in [4.78, 5) is 27.0. The van der Waals surface area contributed by atoms with Crippen LogP contribution in [0.3, 0.4) is 0 Å². The number of nitrogens with one attached hydrogen (secondary N) is 1. The minimum absolute atomic E-state index is 0.0536. The Labute approximate surface area is 153 Å². The molecule has 136 valence electrons. The van der Waals surface area contributed by atoms with E-state index < -0.39 is 5.97 Å². The second-order valence-electron chi connectivity index (χ2n) is 5.86. The lowest BCUT2D eigenvalue weighted by molar-refractivity contribution is -0.138. The molecule has 0 atom stereocenters. The van der Waals surface area contributed by atoms with Crippen molar-refractivity contribution in [2.24, 2.45) is 0 Å². The van der Waals surface area contributed by atoms with Crippen LogP contribution in [0.25, 0.3) is 10.2 Å². The molecule has 0 saturated heterocycles. The van der Waals surface area contributed by atoms with Crippen LogP contribution in [0, 0.1) is 0 Å². The topological polar surface area (TPSA) is 110 Å². The van der Waals surface area contributed by atoms with Crippen LogP contribution in [0.5, 0.6) is 0 Å². The zero-order valence-electron chi connectivity index (χ0n) is 14.1. The Kier molecular flexibility index (Phi) is 5.90. The quantitative estimate of drug-likeness (QED) is 0.555. The molecule has 0 radical (unpaired) electrons. The van der Waals surface area contributed by atoms with Crippen LogP contribution in [0.2, 0.25) is 0 Å². The molecule has 0 aliphatic carbocycles. The molecule has 2 heterocycles. The van der Waals surface area contributed by atoms with Crippen molar-refractivity contribution in [2.45, 2.75) is 38.8 Å². The summed E-state index contributed by atoms with van der Waals surface area (Å²) in [5.74, 6) is -1.04. The first-order chi connectivity index (χ1) is 12.6. The van der Waals surface area contributed by atoms with Crippen LogP contribution in [0.15, 0.2) is 30.5 Å². The van der Waals surface area contributed by atoms with Gasteiger partial charge in [0.15, 0.2) is 0 Å². The van der Waals surface area contributed by atoms with Gasteiger partial charge >= 0.3 is 5.97 Å². The van der Waals surface area contributed by atoms with Crippen molar-refractivity contribution in [2.75, 3.05) is 0 Å². The molecule has 2 aromatic heterocycles. The van der Waals surface area contributed by atoms with Crippen LogP contribution >= 0.6 is 11.3 Å². The molecule has 26 heavy (non-hydrogen) atoms. The number of unbranched alkanes of at least 4 members (excludes halogenated alkanes) is 1. The number of aromatic nitrogens is 4. The Morgan fingerprint density at radius 1 is 1.23 bits per heavy atom. The molecule has 0 saturated carbocycles. The van der Waals surface area contributed by atoms with Gasteiger partial charge in [0, 0.05) is 6.42 Å². The molecule has 0 unspecified atom stereocenters. The molecule has 1 amide bonds. The molecular weight excluding hydrogens is 354 g/mol. The van der Waals surface area contributed by atoms with E-state index in [4.69, 9.17) is 5.11 Å².